The minimum Gasteiger partial charge on any atom is -0.423 e. The van der Waals surface area contributed by atoms with Crippen LogP contribution in [0.1, 0.15) is 5.56 Å². The lowest BCUT2D eigenvalue weighted by molar-refractivity contribution is 0.280. The third-order valence-electron chi connectivity index (χ3n) is 1.75. The molecule has 0 spiro atoms. The summed E-state index contributed by atoms with van der Waals surface area (Å²) in [6.45, 7) is -0.0846. The molecular formula is C10H8BrN3O2. The number of ether oxygens (including phenoxy) is 1. The lowest BCUT2D eigenvalue weighted by Crippen LogP contribution is -1.94. The Bertz CT molecular complexity index is 476. The van der Waals surface area contributed by atoms with E-state index in [0.29, 0.717) is 11.3 Å². The number of hydrogen-bond acceptors (Lipinski definition) is 5. The van der Waals surface area contributed by atoms with E-state index in [9.17, 15) is 0 Å². The molecule has 2 heterocycles. The summed E-state index contributed by atoms with van der Waals surface area (Å²) in [6.07, 6.45) is 6.23. The van der Waals surface area contributed by atoms with Crippen LogP contribution >= 0.6 is 15.9 Å². The molecular weight excluding hydrogens is 274 g/mol. The number of pyridine rings is 1. The summed E-state index contributed by atoms with van der Waals surface area (Å²) >= 11 is 3.28. The van der Waals surface area contributed by atoms with Crippen molar-refractivity contribution in [3.8, 4) is 11.8 Å². The molecule has 0 unspecified atom stereocenters. The Kier molecular flexibility index (Phi) is 3.43. The van der Waals surface area contributed by atoms with Gasteiger partial charge in [0.15, 0.2) is 5.75 Å². The minimum absolute atomic E-state index is 0.0846. The monoisotopic (exact) mass is 281 g/mol. The van der Waals surface area contributed by atoms with Crippen LogP contribution in [0.3, 0.4) is 0 Å². The largest absolute Gasteiger partial charge is 0.423 e. The highest BCUT2D eigenvalue weighted by molar-refractivity contribution is 9.10. The second-order valence-electron chi connectivity index (χ2n) is 2.97. The van der Waals surface area contributed by atoms with Crippen molar-refractivity contribution in [1.29, 1.82) is 0 Å². The van der Waals surface area contributed by atoms with Gasteiger partial charge in [0.1, 0.15) is 0 Å². The number of aliphatic hydroxyl groups is 1. The van der Waals surface area contributed by atoms with Crippen molar-refractivity contribution in [2.45, 2.75) is 6.61 Å². The summed E-state index contributed by atoms with van der Waals surface area (Å²) in [4.78, 5) is 11.8. The van der Waals surface area contributed by atoms with E-state index in [1.807, 2.05) is 0 Å². The molecule has 0 aromatic carbocycles. The first-order valence-electron chi connectivity index (χ1n) is 4.48. The van der Waals surface area contributed by atoms with Crippen LogP contribution < -0.4 is 4.74 Å². The highest BCUT2D eigenvalue weighted by Crippen LogP contribution is 2.20. The van der Waals surface area contributed by atoms with Crippen LogP contribution in [0.2, 0.25) is 0 Å². The first-order chi connectivity index (χ1) is 7.78. The van der Waals surface area contributed by atoms with Gasteiger partial charge in [-0.15, -0.1) is 0 Å². The normalized spacial score (nSPS) is 10.1. The van der Waals surface area contributed by atoms with Crippen molar-refractivity contribution in [2.75, 3.05) is 0 Å². The smallest absolute Gasteiger partial charge is 0.321 e. The molecule has 0 amide bonds. The van der Waals surface area contributed by atoms with Crippen LogP contribution in [0.15, 0.2) is 35.3 Å². The SMILES string of the molecule is OCc1cnc(Oc2cncc(Br)c2)nc1. The van der Waals surface area contributed by atoms with Gasteiger partial charge in [-0.2, -0.15) is 0 Å². The predicted octanol–water partition coefficient (Wildman–Crippen LogP) is 1.92. The van der Waals surface area contributed by atoms with Crippen molar-refractivity contribution >= 4 is 15.9 Å². The first-order valence-corrected chi connectivity index (χ1v) is 5.27. The van der Waals surface area contributed by atoms with Crippen LogP contribution in [-0.2, 0) is 6.61 Å². The molecule has 16 heavy (non-hydrogen) atoms. The van der Waals surface area contributed by atoms with Crippen molar-refractivity contribution < 1.29 is 9.84 Å². The van der Waals surface area contributed by atoms with Crippen molar-refractivity contribution in [1.82, 2.24) is 15.0 Å². The molecule has 2 aromatic rings. The number of halogens is 1. The van der Waals surface area contributed by atoms with E-state index < -0.39 is 0 Å². The Morgan fingerprint density at radius 2 is 1.94 bits per heavy atom. The van der Waals surface area contributed by atoms with Gasteiger partial charge in [-0.1, -0.05) is 0 Å². The van der Waals surface area contributed by atoms with E-state index in [2.05, 4.69) is 30.9 Å². The van der Waals surface area contributed by atoms with E-state index >= 15 is 0 Å². The third kappa shape index (κ3) is 2.74. The van der Waals surface area contributed by atoms with E-state index in [1.54, 1.807) is 18.5 Å². The molecule has 0 radical (unpaired) electrons. The number of aromatic nitrogens is 3. The zero-order valence-corrected chi connectivity index (χ0v) is 9.75. The Hall–Kier alpha value is -1.53. The summed E-state index contributed by atoms with van der Waals surface area (Å²) in [6, 6.07) is 1.98. The van der Waals surface area contributed by atoms with E-state index in [1.165, 1.54) is 12.4 Å². The van der Waals surface area contributed by atoms with Crippen molar-refractivity contribution in [3.63, 3.8) is 0 Å². The van der Waals surface area contributed by atoms with Gasteiger partial charge in [0, 0.05) is 28.6 Å². The van der Waals surface area contributed by atoms with Gasteiger partial charge in [0.25, 0.3) is 0 Å². The van der Waals surface area contributed by atoms with E-state index in [0.717, 1.165) is 4.47 Å². The highest BCUT2D eigenvalue weighted by Gasteiger charge is 2.01. The summed E-state index contributed by atoms with van der Waals surface area (Å²) in [5, 5.41) is 8.82. The Labute approximate surface area is 100 Å². The standard InChI is InChI=1S/C10H8BrN3O2/c11-8-1-9(5-12-4-8)16-10-13-2-7(6-15)3-14-10/h1-5,15H,6H2. The van der Waals surface area contributed by atoms with Gasteiger partial charge in [-0.05, 0) is 22.0 Å². The Balaban J connectivity index is 2.14. The summed E-state index contributed by atoms with van der Waals surface area (Å²) in [7, 11) is 0. The van der Waals surface area contributed by atoms with Crippen LogP contribution in [0.4, 0.5) is 0 Å². The average molecular weight is 282 g/mol. The second kappa shape index (κ2) is 5.00. The fourth-order valence-corrected chi connectivity index (χ4v) is 1.37. The average Bonchev–Trinajstić information content (AvgIpc) is 2.30. The molecule has 1 N–H and O–H groups in total. The van der Waals surface area contributed by atoms with Gasteiger partial charge >= 0.3 is 6.01 Å². The molecule has 82 valence electrons. The Morgan fingerprint density at radius 1 is 1.19 bits per heavy atom. The quantitative estimate of drug-likeness (QED) is 0.931. The number of aliphatic hydroxyl groups excluding tert-OH is 1. The number of rotatable bonds is 3. The number of nitrogens with zero attached hydrogens (tertiary/aromatic N) is 3. The summed E-state index contributed by atoms with van der Waals surface area (Å²) in [5.41, 5.74) is 0.639. The summed E-state index contributed by atoms with van der Waals surface area (Å²) in [5.74, 6) is 0.547. The van der Waals surface area contributed by atoms with Crippen LogP contribution in [0.25, 0.3) is 0 Å². The minimum atomic E-state index is -0.0846. The van der Waals surface area contributed by atoms with Gasteiger partial charge < -0.3 is 9.84 Å². The lowest BCUT2D eigenvalue weighted by atomic mass is 10.4. The molecule has 0 fully saturated rings. The highest BCUT2D eigenvalue weighted by atomic mass is 79.9. The van der Waals surface area contributed by atoms with Crippen LogP contribution in [0, 0.1) is 0 Å². The lowest BCUT2D eigenvalue weighted by Gasteiger charge is -2.03. The summed E-state index contributed by atoms with van der Waals surface area (Å²) < 4.78 is 6.18. The third-order valence-corrected chi connectivity index (χ3v) is 2.19. The Morgan fingerprint density at radius 3 is 2.56 bits per heavy atom. The maximum absolute atomic E-state index is 8.82. The first kappa shape index (κ1) is 11.0. The zero-order valence-electron chi connectivity index (χ0n) is 8.17. The molecule has 2 aromatic heterocycles. The fraction of sp³-hybridized carbons (Fsp3) is 0.100. The van der Waals surface area contributed by atoms with E-state index in [-0.39, 0.29) is 12.6 Å². The molecule has 0 bridgehead atoms. The topological polar surface area (TPSA) is 68.1 Å². The van der Waals surface area contributed by atoms with Gasteiger partial charge in [-0.3, -0.25) is 4.98 Å². The maximum Gasteiger partial charge on any atom is 0.321 e. The zero-order chi connectivity index (χ0) is 11.4. The molecule has 2 rings (SSSR count). The predicted molar refractivity (Wildman–Crippen MR) is 60.0 cm³/mol. The maximum atomic E-state index is 8.82. The number of hydrogen-bond donors (Lipinski definition) is 1. The van der Waals surface area contributed by atoms with Crippen LogP contribution in [0.5, 0.6) is 11.8 Å². The second-order valence-corrected chi connectivity index (χ2v) is 3.89. The van der Waals surface area contributed by atoms with Gasteiger partial charge in [-0.25, -0.2) is 9.97 Å². The van der Waals surface area contributed by atoms with Gasteiger partial charge in [0.2, 0.25) is 0 Å². The molecule has 6 heteroatoms. The van der Waals surface area contributed by atoms with Crippen molar-refractivity contribution in [3.05, 3.63) is 40.9 Å². The van der Waals surface area contributed by atoms with Crippen molar-refractivity contribution in [2.24, 2.45) is 0 Å². The van der Waals surface area contributed by atoms with E-state index in [4.69, 9.17) is 9.84 Å². The molecule has 0 aliphatic carbocycles. The van der Waals surface area contributed by atoms with Crippen LogP contribution in [-0.4, -0.2) is 20.1 Å². The van der Waals surface area contributed by atoms with Gasteiger partial charge in [0.05, 0.1) is 12.8 Å². The fourth-order valence-electron chi connectivity index (χ4n) is 1.03. The molecule has 0 aliphatic heterocycles. The molecule has 0 atom stereocenters. The molecule has 0 saturated carbocycles. The molecule has 0 aliphatic rings. The molecule has 0 saturated heterocycles. The molecule has 5 nitrogen and oxygen atoms in total.